The minimum Gasteiger partial charge on any atom is -0.489 e. The van der Waals surface area contributed by atoms with Gasteiger partial charge in [0.05, 0.1) is 5.92 Å². The number of carbonyl (C=O) groups excluding carboxylic acids is 2. The summed E-state index contributed by atoms with van der Waals surface area (Å²) in [5.74, 6) is -0.876. The van der Waals surface area contributed by atoms with Crippen LogP contribution in [0.3, 0.4) is 0 Å². The second-order valence-electron chi connectivity index (χ2n) is 4.76. The van der Waals surface area contributed by atoms with Crippen molar-refractivity contribution in [2.75, 3.05) is 14.2 Å². The molecule has 1 heterocycles. The van der Waals surface area contributed by atoms with Crippen molar-refractivity contribution in [3.63, 3.8) is 0 Å². The van der Waals surface area contributed by atoms with Crippen LogP contribution in [0.5, 0.6) is 0 Å². The predicted molar refractivity (Wildman–Crippen MR) is 62.7 cm³/mol. The fraction of sp³-hybridized carbons (Fsp3) is 0.692. The van der Waals surface area contributed by atoms with E-state index in [1.165, 1.54) is 21.1 Å². The first-order valence-electron chi connectivity index (χ1n) is 5.96. The zero-order valence-corrected chi connectivity index (χ0v) is 11.1. The third kappa shape index (κ3) is 1.69. The van der Waals surface area contributed by atoms with Gasteiger partial charge in [-0.25, -0.2) is 0 Å². The van der Waals surface area contributed by atoms with Crippen LogP contribution in [-0.4, -0.2) is 37.7 Å². The Hall–Kier alpha value is -1.20. The second-order valence-corrected chi connectivity index (χ2v) is 4.76. The molecule has 0 aromatic rings. The van der Waals surface area contributed by atoms with Crippen molar-refractivity contribution in [3.05, 3.63) is 11.3 Å². The van der Waals surface area contributed by atoms with Crippen LogP contribution in [0.1, 0.15) is 26.7 Å². The first kappa shape index (κ1) is 13.2. The maximum Gasteiger partial charge on any atom is 0.213 e. The highest BCUT2D eigenvalue weighted by Gasteiger charge is 2.58. The van der Waals surface area contributed by atoms with Crippen molar-refractivity contribution in [2.45, 2.75) is 38.6 Å². The monoisotopic (exact) mass is 254 g/mol. The Bertz CT molecular complexity index is 419. The summed E-state index contributed by atoms with van der Waals surface area (Å²) in [7, 11) is 3.03. The van der Waals surface area contributed by atoms with Crippen molar-refractivity contribution in [2.24, 2.45) is 5.92 Å². The molecule has 5 heteroatoms. The van der Waals surface area contributed by atoms with Gasteiger partial charge < -0.3 is 14.2 Å². The first-order valence-corrected chi connectivity index (χ1v) is 5.96. The van der Waals surface area contributed by atoms with Gasteiger partial charge in [0.1, 0.15) is 11.5 Å². The van der Waals surface area contributed by atoms with E-state index in [-0.39, 0.29) is 30.3 Å². The SMILES string of the molecule is COC1(OC)C2CC(=O)CC1C(C(C)=O)=C(C)O2. The smallest absolute Gasteiger partial charge is 0.213 e. The van der Waals surface area contributed by atoms with Gasteiger partial charge in [-0.15, -0.1) is 0 Å². The van der Waals surface area contributed by atoms with Crippen molar-refractivity contribution in [1.82, 2.24) is 0 Å². The van der Waals surface area contributed by atoms with Gasteiger partial charge in [-0.3, -0.25) is 9.59 Å². The van der Waals surface area contributed by atoms with Crippen molar-refractivity contribution in [3.8, 4) is 0 Å². The summed E-state index contributed by atoms with van der Waals surface area (Å²) in [6.45, 7) is 3.22. The number of carbonyl (C=O) groups is 2. The minimum absolute atomic E-state index is 0.0703. The lowest BCUT2D eigenvalue weighted by atomic mass is 9.73. The normalized spacial score (nSPS) is 30.1. The fourth-order valence-electron chi connectivity index (χ4n) is 3.10. The molecular formula is C13H18O5. The number of rotatable bonds is 3. The highest BCUT2D eigenvalue weighted by atomic mass is 16.7. The van der Waals surface area contributed by atoms with E-state index in [2.05, 4.69) is 0 Å². The maximum absolute atomic E-state index is 11.8. The Balaban J connectivity index is 2.55. The largest absolute Gasteiger partial charge is 0.489 e. The number of hydrogen-bond acceptors (Lipinski definition) is 5. The van der Waals surface area contributed by atoms with Gasteiger partial charge in [0.15, 0.2) is 11.9 Å². The zero-order chi connectivity index (χ0) is 13.5. The fourth-order valence-corrected chi connectivity index (χ4v) is 3.10. The molecule has 0 N–H and O–H groups in total. The van der Waals surface area contributed by atoms with E-state index in [1.54, 1.807) is 6.92 Å². The number of hydrogen-bond donors (Lipinski definition) is 0. The lowest BCUT2D eigenvalue weighted by molar-refractivity contribution is -0.299. The van der Waals surface area contributed by atoms with E-state index < -0.39 is 11.9 Å². The van der Waals surface area contributed by atoms with Crippen LogP contribution in [-0.2, 0) is 23.8 Å². The molecular weight excluding hydrogens is 236 g/mol. The van der Waals surface area contributed by atoms with E-state index >= 15 is 0 Å². The molecule has 0 spiro atoms. The standard InChI is InChI=1S/C13H18O5/c1-7(14)12-8(2)18-11-6-9(15)5-10(12)13(11,16-3)17-4/h10-11H,5-6H2,1-4H3. The number of allylic oxidation sites excluding steroid dienone is 1. The lowest BCUT2D eigenvalue weighted by Gasteiger charge is -2.49. The van der Waals surface area contributed by atoms with Crippen LogP contribution in [0.25, 0.3) is 0 Å². The molecule has 0 aromatic carbocycles. The van der Waals surface area contributed by atoms with E-state index in [9.17, 15) is 9.59 Å². The van der Waals surface area contributed by atoms with Crippen LogP contribution in [0.4, 0.5) is 0 Å². The molecule has 2 atom stereocenters. The summed E-state index contributed by atoms with van der Waals surface area (Å²) >= 11 is 0. The molecule has 5 nitrogen and oxygen atoms in total. The quantitative estimate of drug-likeness (QED) is 0.708. The first-order chi connectivity index (χ1) is 8.46. The Kier molecular flexibility index (Phi) is 3.29. The van der Waals surface area contributed by atoms with Crippen LogP contribution < -0.4 is 0 Å². The summed E-state index contributed by atoms with van der Waals surface area (Å²) in [5.41, 5.74) is 0.503. The molecule has 1 aliphatic heterocycles. The summed E-state index contributed by atoms with van der Waals surface area (Å²) < 4.78 is 16.7. The van der Waals surface area contributed by atoms with Gasteiger partial charge in [0, 0.05) is 32.6 Å². The third-order valence-corrected chi connectivity index (χ3v) is 3.84. The summed E-state index contributed by atoms with van der Waals surface area (Å²) in [5, 5.41) is 0. The minimum atomic E-state index is -1.03. The zero-order valence-electron chi connectivity index (χ0n) is 11.1. The summed E-state index contributed by atoms with van der Waals surface area (Å²) in [6, 6.07) is 0. The molecule has 0 radical (unpaired) electrons. The topological polar surface area (TPSA) is 61.8 Å². The highest BCUT2D eigenvalue weighted by Crippen LogP contribution is 2.47. The van der Waals surface area contributed by atoms with Gasteiger partial charge in [0.2, 0.25) is 5.79 Å². The van der Waals surface area contributed by atoms with Gasteiger partial charge in [-0.2, -0.15) is 0 Å². The molecule has 1 saturated carbocycles. The molecule has 18 heavy (non-hydrogen) atoms. The van der Waals surface area contributed by atoms with Crippen molar-refractivity contribution < 1.29 is 23.8 Å². The third-order valence-electron chi connectivity index (χ3n) is 3.84. The maximum atomic E-state index is 11.8. The molecule has 2 rings (SSSR count). The number of ketones is 2. The Labute approximate surface area is 106 Å². The number of methoxy groups -OCH3 is 2. The van der Waals surface area contributed by atoms with Crippen LogP contribution >= 0.6 is 0 Å². The van der Waals surface area contributed by atoms with Crippen LogP contribution in [0, 0.1) is 5.92 Å². The molecule has 1 aliphatic carbocycles. The Morgan fingerprint density at radius 2 is 1.94 bits per heavy atom. The van der Waals surface area contributed by atoms with Gasteiger partial charge >= 0.3 is 0 Å². The molecule has 0 saturated heterocycles. The van der Waals surface area contributed by atoms with Crippen LogP contribution in [0.15, 0.2) is 11.3 Å². The number of ether oxygens (including phenoxy) is 3. The van der Waals surface area contributed by atoms with Gasteiger partial charge in [-0.05, 0) is 13.8 Å². The van der Waals surface area contributed by atoms with Crippen LogP contribution in [0.2, 0.25) is 0 Å². The average Bonchev–Trinajstić information content (AvgIpc) is 2.28. The molecule has 1 fully saturated rings. The number of Topliss-reactive ketones (excluding diaryl/α,β-unsaturated/α-hetero) is 2. The molecule has 0 amide bonds. The average molecular weight is 254 g/mol. The van der Waals surface area contributed by atoms with Gasteiger partial charge in [0.25, 0.3) is 0 Å². The van der Waals surface area contributed by atoms with Crippen molar-refractivity contribution >= 4 is 11.6 Å². The van der Waals surface area contributed by atoms with E-state index in [0.717, 1.165) is 0 Å². The second kappa shape index (κ2) is 4.48. The molecule has 0 aromatic heterocycles. The lowest BCUT2D eigenvalue weighted by Crippen LogP contribution is -2.60. The van der Waals surface area contributed by atoms with E-state index in [1.807, 2.05) is 0 Å². The van der Waals surface area contributed by atoms with Gasteiger partial charge in [-0.1, -0.05) is 0 Å². The summed E-state index contributed by atoms with van der Waals surface area (Å²) in [4.78, 5) is 23.5. The predicted octanol–water partition coefficient (Wildman–Crippen LogP) is 1.22. The summed E-state index contributed by atoms with van der Waals surface area (Å²) in [6.07, 6.45) is 0.0240. The molecule has 100 valence electrons. The highest BCUT2D eigenvalue weighted by molar-refractivity contribution is 5.96. The van der Waals surface area contributed by atoms with Crippen molar-refractivity contribution in [1.29, 1.82) is 0 Å². The molecule has 2 unspecified atom stereocenters. The Morgan fingerprint density at radius 3 is 2.44 bits per heavy atom. The Morgan fingerprint density at radius 1 is 1.33 bits per heavy atom. The molecule has 2 bridgehead atoms. The molecule has 2 aliphatic rings. The van der Waals surface area contributed by atoms with E-state index in [4.69, 9.17) is 14.2 Å². The number of fused-ring (bicyclic) bond motifs is 2. The van der Waals surface area contributed by atoms with E-state index in [0.29, 0.717) is 11.3 Å².